The summed E-state index contributed by atoms with van der Waals surface area (Å²) in [5.41, 5.74) is 1.76. The third-order valence-electron chi connectivity index (χ3n) is 4.29. The maximum Gasteiger partial charge on any atom is 0.276 e. The van der Waals surface area contributed by atoms with Crippen LogP contribution in [-0.2, 0) is 11.8 Å². The summed E-state index contributed by atoms with van der Waals surface area (Å²) >= 11 is 0. The Hall–Kier alpha value is -2.81. The van der Waals surface area contributed by atoms with Gasteiger partial charge >= 0.3 is 0 Å². The van der Waals surface area contributed by atoms with E-state index in [1.807, 2.05) is 0 Å². The van der Waals surface area contributed by atoms with Crippen LogP contribution in [0, 0.1) is 5.82 Å². The first kappa shape index (κ1) is 15.7. The molecule has 4 heterocycles. The van der Waals surface area contributed by atoms with Gasteiger partial charge in [0.2, 0.25) is 5.95 Å². The molecule has 0 spiro atoms. The molecule has 8 nitrogen and oxygen atoms in total. The number of aromatic nitrogens is 5. The van der Waals surface area contributed by atoms with Gasteiger partial charge in [-0.2, -0.15) is 10.1 Å². The Kier molecular flexibility index (Phi) is 3.92. The largest absolute Gasteiger partial charge is 0.381 e. The second-order valence-corrected chi connectivity index (χ2v) is 6.00. The lowest BCUT2D eigenvalue weighted by atomic mass is 9.96. The second-order valence-electron chi connectivity index (χ2n) is 6.00. The van der Waals surface area contributed by atoms with Crippen molar-refractivity contribution in [2.45, 2.75) is 18.8 Å². The maximum absolute atomic E-state index is 13.2. The average molecular weight is 344 g/mol. The first-order chi connectivity index (χ1) is 12.1. The number of rotatable bonds is 3. The van der Waals surface area contributed by atoms with Crippen LogP contribution in [0.25, 0.3) is 5.65 Å². The molecule has 130 valence electrons. The normalized spacial score (nSPS) is 15.6. The molecule has 0 aromatic carbocycles. The molecule has 25 heavy (non-hydrogen) atoms. The topological polar surface area (TPSA) is 86.3 Å². The zero-order chi connectivity index (χ0) is 17.4. The maximum atomic E-state index is 13.2. The molecule has 1 saturated heterocycles. The van der Waals surface area contributed by atoms with Crippen LogP contribution in [-0.4, -0.2) is 43.5 Å². The Morgan fingerprint density at radius 3 is 2.92 bits per heavy atom. The summed E-state index contributed by atoms with van der Waals surface area (Å²) in [5.74, 6) is -0.366. The van der Waals surface area contributed by atoms with Crippen LogP contribution in [0.1, 0.15) is 34.9 Å². The van der Waals surface area contributed by atoms with Gasteiger partial charge in [0.25, 0.3) is 5.91 Å². The minimum Gasteiger partial charge on any atom is -0.381 e. The van der Waals surface area contributed by atoms with Gasteiger partial charge in [0.1, 0.15) is 11.5 Å². The Bertz CT molecular complexity index is 928. The smallest absolute Gasteiger partial charge is 0.276 e. The molecule has 0 aliphatic carbocycles. The number of pyridine rings is 1. The van der Waals surface area contributed by atoms with Crippen molar-refractivity contribution >= 4 is 17.5 Å². The van der Waals surface area contributed by atoms with Gasteiger partial charge in [-0.15, -0.1) is 5.10 Å². The minimum atomic E-state index is -0.428. The lowest BCUT2D eigenvalue weighted by Crippen LogP contribution is -2.16. The van der Waals surface area contributed by atoms with Crippen LogP contribution in [0.5, 0.6) is 0 Å². The number of amides is 1. The number of carbonyl (C=O) groups excluding carboxylic acids is 1. The number of nitrogens with one attached hydrogen (secondary N) is 1. The van der Waals surface area contributed by atoms with Crippen LogP contribution < -0.4 is 5.32 Å². The molecule has 3 aromatic rings. The summed E-state index contributed by atoms with van der Waals surface area (Å²) in [6.07, 6.45) is 3.00. The van der Waals surface area contributed by atoms with Crippen molar-refractivity contribution in [2.75, 3.05) is 18.5 Å². The highest BCUT2D eigenvalue weighted by Gasteiger charge is 2.22. The third kappa shape index (κ3) is 3.10. The summed E-state index contributed by atoms with van der Waals surface area (Å²) in [7, 11) is 1.73. The number of nitrogens with zero attached hydrogens (tertiary/aromatic N) is 5. The predicted octanol–water partition coefficient (Wildman–Crippen LogP) is 1.75. The summed E-state index contributed by atoms with van der Waals surface area (Å²) in [4.78, 5) is 16.7. The number of halogens is 1. The van der Waals surface area contributed by atoms with Crippen LogP contribution in [0.15, 0.2) is 24.4 Å². The van der Waals surface area contributed by atoms with Crippen molar-refractivity contribution in [2.24, 2.45) is 7.05 Å². The lowest BCUT2D eigenvalue weighted by Gasteiger charge is -2.19. The highest BCUT2D eigenvalue weighted by molar-refractivity contribution is 6.02. The molecule has 1 aliphatic heterocycles. The van der Waals surface area contributed by atoms with Gasteiger partial charge < -0.3 is 4.74 Å². The van der Waals surface area contributed by atoms with E-state index in [1.54, 1.807) is 17.8 Å². The quantitative estimate of drug-likeness (QED) is 0.782. The number of carbonyl (C=O) groups is 1. The van der Waals surface area contributed by atoms with Gasteiger partial charge in [-0.1, -0.05) is 0 Å². The molecule has 3 aromatic heterocycles. The fraction of sp³-hybridized carbons (Fsp3) is 0.375. The second kappa shape index (κ2) is 6.25. The van der Waals surface area contributed by atoms with Crippen molar-refractivity contribution in [1.82, 2.24) is 24.4 Å². The Morgan fingerprint density at radius 2 is 2.12 bits per heavy atom. The number of hydrogen-bond acceptors (Lipinski definition) is 5. The molecule has 0 bridgehead atoms. The van der Waals surface area contributed by atoms with E-state index in [-0.39, 0.29) is 11.9 Å². The van der Waals surface area contributed by atoms with E-state index < -0.39 is 5.82 Å². The van der Waals surface area contributed by atoms with Crippen molar-refractivity contribution < 1.29 is 13.9 Å². The van der Waals surface area contributed by atoms with Crippen molar-refractivity contribution in [3.05, 3.63) is 41.6 Å². The monoisotopic (exact) mass is 344 g/mol. The molecule has 0 unspecified atom stereocenters. The van der Waals surface area contributed by atoms with E-state index in [1.165, 1.54) is 22.8 Å². The molecular weight excluding hydrogens is 327 g/mol. The predicted molar refractivity (Wildman–Crippen MR) is 86.9 cm³/mol. The van der Waals surface area contributed by atoms with E-state index in [2.05, 4.69) is 20.5 Å². The van der Waals surface area contributed by atoms with E-state index in [4.69, 9.17) is 4.74 Å². The van der Waals surface area contributed by atoms with E-state index in [9.17, 15) is 9.18 Å². The highest BCUT2D eigenvalue weighted by Crippen LogP contribution is 2.26. The summed E-state index contributed by atoms with van der Waals surface area (Å²) in [5, 5.41) is 11.1. The van der Waals surface area contributed by atoms with Gasteiger partial charge in [-0.05, 0) is 31.0 Å². The van der Waals surface area contributed by atoms with Crippen molar-refractivity contribution in [3.8, 4) is 0 Å². The molecule has 1 aliphatic rings. The fourth-order valence-electron chi connectivity index (χ4n) is 2.97. The van der Waals surface area contributed by atoms with E-state index in [0.717, 1.165) is 18.5 Å². The number of fused-ring (bicyclic) bond motifs is 1. The molecule has 1 N–H and O–H groups in total. The molecule has 0 atom stereocenters. The molecular formula is C16H17FN6O2. The van der Waals surface area contributed by atoms with E-state index >= 15 is 0 Å². The van der Waals surface area contributed by atoms with Crippen LogP contribution in [0.4, 0.5) is 10.3 Å². The Balaban J connectivity index is 1.54. The van der Waals surface area contributed by atoms with Crippen LogP contribution in [0.3, 0.4) is 0 Å². The van der Waals surface area contributed by atoms with Crippen LogP contribution in [0.2, 0.25) is 0 Å². The van der Waals surface area contributed by atoms with Crippen molar-refractivity contribution in [3.63, 3.8) is 0 Å². The summed E-state index contributed by atoms with van der Waals surface area (Å²) in [6, 6.07) is 4.57. The Morgan fingerprint density at radius 1 is 1.32 bits per heavy atom. The van der Waals surface area contributed by atoms with Gasteiger partial charge in [-0.25, -0.2) is 8.91 Å². The third-order valence-corrected chi connectivity index (χ3v) is 4.29. The van der Waals surface area contributed by atoms with Gasteiger partial charge in [0, 0.05) is 26.2 Å². The standard InChI is InChI=1S/C16H17FN6O2/c1-22-13(8-12(20-22)10-4-6-25-7-5-10)15(24)19-16-18-14-3-2-11(17)9-23(14)21-16/h2-3,8-10H,4-7H2,1H3,(H,19,21,24). The molecule has 0 saturated carbocycles. The average Bonchev–Trinajstić information content (AvgIpc) is 3.18. The number of anilines is 1. The molecule has 1 amide bonds. The Labute approximate surface area is 142 Å². The van der Waals surface area contributed by atoms with Crippen LogP contribution >= 0.6 is 0 Å². The molecule has 4 rings (SSSR count). The van der Waals surface area contributed by atoms with Gasteiger partial charge in [0.15, 0.2) is 5.65 Å². The first-order valence-corrected chi connectivity index (χ1v) is 8.05. The van der Waals surface area contributed by atoms with Gasteiger partial charge in [-0.3, -0.25) is 14.8 Å². The van der Waals surface area contributed by atoms with E-state index in [0.29, 0.717) is 30.5 Å². The number of hydrogen-bond donors (Lipinski definition) is 1. The zero-order valence-electron chi connectivity index (χ0n) is 13.6. The summed E-state index contributed by atoms with van der Waals surface area (Å²) < 4.78 is 21.4. The SMILES string of the molecule is Cn1nc(C2CCOCC2)cc1C(=O)Nc1nc2ccc(F)cn2n1. The number of aryl methyl sites for hydroxylation is 1. The highest BCUT2D eigenvalue weighted by atomic mass is 19.1. The molecule has 0 radical (unpaired) electrons. The first-order valence-electron chi connectivity index (χ1n) is 8.05. The zero-order valence-corrected chi connectivity index (χ0v) is 13.6. The minimum absolute atomic E-state index is 0.115. The molecule has 1 fully saturated rings. The summed E-state index contributed by atoms with van der Waals surface area (Å²) in [6.45, 7) is 1.43. The number of ether oxygens (including phenoxy) is 1. The molecule has 9 heteroatoms. The van der Waals surface area contributed by atoms with Gasteiger partial charge in [0.05, 0.1) is 11.9 Å². The lowest BCUT2D eigenvalue weighted by molar-refractivity contribution is 0.0844. The fourth-order valence-corrected chi connectivity index (χ4v) is 2.97. The van der Waals surface area contributed by atoms with Crippen molar-refractivity contribution in [1.29, 1.82) is 0 Å².